The van der Waals surface area contributed by atoms with Gasteiger partial charge >= 0.3 is 11.9 Å². The molecule has 3 N–H and O–H groups in total. The van der Waals surface area contributed by atoms with E-state index >= 15 is 0 Å². The van der Waals surface area contributed by atoms with Crippen molar-refractivity contribution in [2.45, 2.75) is 51.4 Å². The molecule has 128 valence electrons. The van der Waals surface area contributed by atoms with Gasteiger partial charge in [-0.05, 0) is 45.1 Å². The van der Waals surface area contributed by atoms with Crippen LogP contribution in [-0.4, -0.2) is 40.3 Å². The maximum absolute atomic E-state index is 12.4. The summed E-state index contributed by atoms with van der Waals surface area (Å²) in [5.74, 6) is -1.82. The minimum absolute atomic E-state index is 0.356. The molecule has 1 aromatic heterocycles. The number of esters is 1. The Bertz CT molecular complexity index is 553. The van der Waals surface area contributed by atoms with Crippen LogP contribution < -0.4 is 5.73 Å². The number of aliphatic carboxylic acids is 1. The van der Waals surface area contributed by atoms with Crippen molar-refractivity contribution >= 4 is 23.3 Å². The van der Waals surface area contributed by atoms with Crippen molar-refractivity contribution in [3.8, 4) is 0 Å². The molecule has 0 bridgehead atoms. The minimum atomic E-state index is -0.951. The average molecular weight is 340 g/mol. The van der Waals surface area contributed by atoms with Crippen LogP contribution in [0.5, 0.6) is 0 Å². The van der Waals surface area contributed by atoms with E-state index in [1.807, 2.05) is 32.2 Å². The van der Waals surface area contributed by atoms with Gasteiger partial charge in [0.25, 0.3) is 0 Å². The second-order valence-corrected chi connectivity index (χ2v) is 7.75. The van der Waals surface area contributed by atoms with E-state index in [4.69, 9.17) is 10.5 Å². The second kappa shape index (κ2) is 6.98. The Morgan fingerprint density at radius 3 is 2.70 bits per heavy atom. The molecule has 0 aliphatic carbocycles. The van der Waals surface area contributed by atoms with Gasteiger partial charge in [0, 0.05) is 11.4 Å². The van der Waals surface area contributed by atoms with E-state index in [0.717, 1.165) is 4.88 Å². The molecule has 0 saturated carbocycles. The Kier molecular flexibility index (Phi) is 5.44. The smallest absolute Gasteiger partial charge is 0.326 e. The van der Waals surface area contributed by atoms with E-state index in [0.29, 0.717) is 19.4 Å². The molecule has 2 rings (SSSR count). The SMILES string of the molecule is CC(C)(C)OC(=O)[C@H]1CCCN([C@@H](C(=O)O)c2cccs2)[C@H]1N. The summed E-state index contributed by atoms with van der Waals surface area (Å²) in [6.45, 7) is 5.98. The maximum atomic E-state index is 12.4. The third kappa shape index (κ3) is 4.31. The fourth-order valence-corrected chi connectivity index (χ4v) is 3.69. The quantitative estimate of drug-likeness (QED) is 0.816. The lowest BCUT2D eigenvalue weighted by Crippen LogP contribution is -2.56. The van der Waals surface area contributed by atoms with Gasteiger partial charge in [0.15, 0.2) is 0 Å². The monoisotopic (exact) mass is 340 g/mol. The standard InChI is InChI=1S/C16H24N2O4S/c1-16(2,3)22-15(21)10-6-4-8-18(13(10)17)12(14(19)20)11-7-5-9-23-11/h5,7,9-10,12-13H,4,6,8,17H2,1-3H3,(H,19,20)/t10-,12+,13+/m0/s1. The van der Waals surface area contributed by atoms with Crippen LogP contribution in [0.2, 0.25) is 0 Å². The summed E-state index contributed by atoms with van der Waals surface area (Å²) in [5.41, 5.74) is 5.67. The number of likely N-dealkylation sites (tertiary alicyclic amines) is 1. The fourth-order valence-electron chi connectivity index (χ4n) is 2.85. The van der Waals surface area contributed by atoms with Gasteiger partial charge in [-0.2, -0.15) is 0 Å². The Labute approximate surface area is 140 Å². The highest BCUT2D eigenvalue weighted by Crippen LogP contribution is 2.33. The van der Waals surface area contributed by atoms with Crippen molar-refractivity contribution in [3.63, 3.8) is 0 Å². The van der Waals surface area contributed by atoms with Gasteiger partial charge in [-0.1, -0.05) is 6.07 Å². The number of hydrogen-bond donors (Lipinski definition) is 2. The Balaban J connectivity index is 2.19. The first-order valence-electron chi connectivity index (χ1n) is 7.71. The summed E-state index contributed by atoms with van der Waals surface area (Å²) in [4.78, 5) is 26.5. The minimum Gasteiger partial charge on any atom is -0.480 e. The average Bonchev–Trinajstić information content (AvgIpc) is 2.92. The zero-order valence-corrected chi connectivity index (χ0v) is 14.5. The van der Waals surface area contributed by atoms with Gasteiger partial charge in [0.2, 0.25) is 0 Å². The topological polar surface area (TPSA) is 92.9 Å². The van der Waals surface area contributed by atoms with Crippen LogP contribution >= 0.6 is 11.3 Å². The molecule has 0 radical (unpaired) electrons. The third-order valence-electron chi connectivity index (χ3n) is 3.81. The predicted octanol–water partition coefficient (Wildman–Crippen LogP) is 2.21. The normalized spacial score (nSPS) is 24.2. The van der Waals surface area contributed by atoms with Crippen LogP contribution in [-0.2, 0) is 14.3 Å². The number of carboxylic acids is 1. The van der Waals surface area contributed by atoms with Gasteiger partial charge in [0.05, 0.1) is 12.1 Å². The van der Waals surface area contributed by atoms with E-state index in [1.54, 1.807) is 11.0 Å². The van der Waals surface area contributed by atoms with Crippen molar-refractivity contribution in [2.24, 2.45) is 11.7 Å². The molecule has 3 atom stereocenters. The number of carbonyl (C=O) groups excluding carboxylic acids is 1. The highest BCUT2D eigenvalue weighted by atomic mass is 32.1. The molecule has 0 amide bonds. The lowest BCUT2D eigenvalue weighted by Gasteiger charge is -2.41. The number of ether oxygens (including phenoxy) is 1. The molecular formula is C16H24N2O4S. The molecule has 0 aromatic carbocycles. The van der Waals surface area contributed by atoms with E-state index in [1.165, 1.54) is 11.3 Å². The molecule has 0 spiro atoms. The number of rotatable bonds is 4. The number of nitrogens with two attached hydrogens (primary N) is 1. The van der Waals surface area contributed by atoms with Crippen molar-refractivity contribution in [2.75, 3.05) is 6.54 Å². The summed E-state index contributed by atoms with van der Waals surface area (Å²) in [5, 5.41) is 11.5. The molecule has 1 aliphatic heterocycles. The lowest BCUT2D eigenvalue weighted by atomic mass is 9.92. The largest absolute Gasteiger partial charge is 0.480 e. The summed E-state index contributed by atoms with van der Waals surface area (Å²) in [7, 11) is 0. The molecule has 1 aromatic rings. The van der Waals surface area contributed by atoms with Gasteiger partial charge in [0.1, 0.15) is 11.6 Å². The predicted molar refractivity (Wildman–Crippen MR) is 87.9 cm³/mol. The molecule has 2 heterocycles. The van der Waals surface area contributed by atoms with Crippen LogP contribution in [0.4, 0.5) is 0 Å². The van der Waals surface area contributed by atoms with Crippen molar-refractivity contribution in [3.05, 3.63) is 22.4 Å². The lowest BCUT2D eigenvalue weighted by molar-refractivity contribution is -0.167. The highest BCUT2D eigenvalue weighted by Gasteiger charge is 2.41. The molecule has 1 fully saturated rings. The Hall–Kier alpha value is -1.44. The van der Waals surface area contributed by atoms with Crippen molar-refractivity contribution in [1.82, 2.24) is 4.90 Å². The molecule has 0 unspecified atom stereocenters. The van der Waals surface area contributed by atoms with Gasteiger partial charge in [-0.15, -0.1) is 11.3 Å². The first-order valence-corrected chi connectivity index (χ1v) is 8.59. The zero-order valence-electron chi connectivity index (χ0n) is 13.7. The van der Waals surface area contributed by atoms with E-state index < -0.39 is 29.7 Å². The van der Waals surface area contributed by atoms with Gasteiger partial charge < -0.3 is 15.6 Å². The van der Waals surface area contributed by atoms with Crippen molar-refractivity contribution in [1.29, 1.82) is 0 Å². The molecule has 7 heteroatoms. The van der Waals surface area contributed by atoms with E-state index in [9.17, 15) is 14.7 Å². The zero-order chi connectivity index (χ0) is 17.2. The summed E-state index contributed by atoms with van der Waals surface area (Å²) < 4.78 is 5.44. The highest BCUT2D eigenvalue weighted by molar-refractivity contribution is 7.10. The fraction of sp³-hybridized carbons (Fsp3) is 0.625. The first kappa shape index (κ1) is 17.9. The summed E-state index contributed by atoms with van der Waals surface area (Å²) in [6.07, 6.45) is 0.664. The Morgan fingerprint density at radius 2 is 2.17 bits per heavy atom. The molecule has 6 nitrogen and oxygen atoms in total. The maximum Gasteiger partial charge on any atom is 0.326 e. The number of hydrogen-bond acceptors (Lipinski definition) is 6. The molecule has 23 heavy (non-hydrogen) atoms. The van der Waals surface area contributed by atoms with Crippen LogP contribution in [0.1, 0.15) is 44.5 Å². The number of nitrogens with zero attached hydrogens (tertiary/aromatic N) is 1. The van der Waals surface area contributed by atoms with E-state index in [2.05, 4.69) is 0 Å². The number of carboxylic acid groups (broad SMARTS) is 1. The second-order valence-electron chi connectivity index (χ2n) is 6.77. The van der Waals surface area contributed by atoms with Crippen LogP contribution in [0, 0.1) is 5.92 Å². The van der Waals surface area contributed by atoms with Gasteiger partial charge in [-0.3, -0.25) is 14.5 Å². The summed E-state index contributed by atoms with van der Waals surface area (Å²) >= 11 is 1.38. The first-order chi connectivity index (χ1) is 10.7. The van der Waals surface area contributed by atoms with Crippen LogP contribution in [0.3, 0.4) is 0 Å². The van der Waals surface area contributed by atoms with Crippen molar-refractivity contribution < 1.29 is 19.4 Å². The number of carbonyl (C=O) groups is 2. The number of piperidine rings is 1. The summed E-state index contributed by atoms with van der Waals surface area (Å²) in [6, 6.07) is 2.78. The van der Waals surface area contributed by atoms with Gasteiger partial charge in [-0.25, -0.2) is 0 Å². The molecule has 1 aliphatic rings. The van der Waals surface area contributed by atoms with Crippen LogP contribution in [0.25, 0.3) is 0 Å². The number of thiophene rings is 1. The Morgan fingerprint density at radius 1 is 1.48 bits per heavy atom. The molecular weight excluding hydrogens is 316 g/mol. The molecule has 1 saturated heterocycles. The van der Waals surface area contributed by atoms with Crippen LogP contribution in [0.15, 0.2) is 17.5 Å². The van der Waals surface area contributed by atoms with E-state index in [-0.39, 0.29) is 5.97 Å². The third-order valence-corrected chi connectivity index (χ3v) is 4.74.